The Labute approximate surface area is 91.9 Å². The second-order valence-electron chi connectivity index (χ2n) is 4.43. The predicted octanol–water partition coefficient (Wildman–Crippen LogP) is 2.05. The van der Waals surface area contributed by atoms with Gasteiger partial charge in [-0.15, -0.1) is 0 Å². The Balaban J connectivity index is 1.69. The van der Waals surface area contributed by atoms with Gasteiger partial charge in [0.25, 0.3) is 0 Å². The van der Waals surface area contributed by atoms with Crippen LogP contribution >= 0.6 is 0 Å². The predicted molar refractivity (Wildman–Crippen MR) is 61.6 cm³/mol. The number of nitrogens with zero attached hydrogens (tertiary/aromatic N) is 2. The van der Waals surface area contributed by atoms with E-state index in [1.165, 1.54) is 25.7 Å². The maximum Gasteiger partial charge on any atom is 0.0534 e. The summed E-state index contributed by atoms with van der Waals surface area (Å²) in [6, 6.07) is 2.73. The fourth-order valence-electron chi connectivity index (χ4n) is 2.59. The lowest BCUT2D eigenvalue weighted by Crippen LogP contribution is -2.34. The largest absolute Gasteiger partial charge is 0.312 e. The Morgan fingerprint density at radius 3 is 3.13 bits per heavy atom. The Hall–Kier alpha value is -0.830. The summed E-state index contributed by atoms with van der Waals surface area (Å²) in [7, 11) is 0. The minimum Gasteiger partial charge on any atom is -0.312 e. The van der Waals surface area contributed by atoms with E-state index in [4.69, 9.17) is 0 Å². The van der Waals surface area contributed by atoms with E-state index in [1.54, 1.807) is 0 Å². The molecule has 0 aliphatic heterocycles. The molecule has 3 heteroatoms. The molecule has 1 heterocycles. The van der Waals surface area contributed by atoms with Gasteiger partial charge in [0.1, 0.15) is 0 Å². The third kappa shape index (κ3) is 2.81. The molecule has 2 unspecified atom stereocenters. The molecule has 0 saturated heterocycles. The summed E-state index contributed by atoms with van der Waals surface area (Å²) in [6.07, 6.45) is 9.35. The number of aromatic nitrogens is 2. The average molecular weight is 207 g/mol. The minimum atomic E-state index is 0.755. The fraction of sp³-hybridized carbons (Fsp3) is 0.750. The van der Waals surface area contributed by atoms with Crippen LogP contribution in [0.5, 0.6) is 0 Å². The summed E-state index contributed by atoms with van der Waals surface area (Å²) in [5, 5.41) is 7.86. The normalized spacial score (nSPS) is 25.9. The van der Waals surface area contributed by atoms with E-state index in [-0.39, 0.29) is 0 Å². The van der Waals surface area contributed by atoms with Gasteiger partial charge in [-0.3, -0.25) is 4.68 Å². The van der Waals surface area contributed by atoms with Gasteiger partial charge < -0.3 is 5.32 Å². The Morgan fingerprint density at radius 1 is 1.47 bits per heavy atom. The molecule has 2 atom stereocenters. The average Bonchev–Trinajstić information content (AvgIpc) is 2.88. The van der Waals surface area contributed by atoms with Crippen molar-refractivity contribution in [1.29, 1.82) is 0 Å². The van der Waals surface area contributed by atoms with Crippen molar-refractivity contribution in [1.82, 2.24) is 15.1 Å². The van der Waals surface area contributed by atoms with Crippen LogP contribution in [0.25, 0.3) is 0 Å². The zero-order valence-corrected chi connectivity index (χ0v) is 9.52. The molecule has 0 aromatic carbocycles. The Bertz CT molecular complexity index is 268. The van der Waals surface area contributed by atoms with E-state index >= 15 is 0 Å². The highest BCUT2D eigenvalue weighted by Gasteiger charge is 2.24. The van der Waals surface area contributed by atoms with Crippen molar-refractivity contribution in [3.63, 3.8) is 0 Å². The molecule has 1 saturated carbocycles. The summed E-state index contributed by atoms with van der Waals surface area (Å²) in [5.74, 6) is 0.905. The molecule has 0 radical (unpaired) electrons. The third-order valence-electron chi connectivity index (χ3n) is 3.49. The van der Waals surface area contributed by atoms with Gasteiger partial charge in [0.05, 0.1) is 6.54 Å². The molecule has 15 heavy (non-hydrogen) atoms. The van der Waals surface area contributed by atoms with Gasteiger partial charge in [-0.25, -0.2) is 0 Å². The van der Waals surface area contributed by atoms with Crippen LogP contribution in [-0.4, -0.2) is 22.4 Å². The highest BCUT2D eigenvalue weighted by atomic mass is 15.3. The summed E-state index contributed by atoms with van der Waals surface area (Å²) in [5.41, 5.74) is 0. The minimum absolute atomic E-state index is 0.755. The van der Waals surface area contributed by atoms with E-state index in [1.807, 2.05) is 23.1 Å². The summed E-state index contributed by atoms with van der Waals surface area (Å²) in [6.45, 7) is 4.33. The van der Waals surface area contributed by atoms with Crippen molar-refractivity contribution in [3.8, 4) is 0 Å². The van der Waals surface area contributed by atoms with Crippen LogP contribution in [-0.2, 0) is 6.54 Å². The van der Waals surface area contributed by atoms with Gasteiger partial charge in [-0.1, -0.05) is 19.8 Å². The first-order valence-electron chi connectivity index (χ1n) is 6.11. The van der Waals surface area contributed by atoms with Gasteiger partial charge in [-0.2, -0.15) is 5.10 Å². The SMILES string of the molecule is CCC1CCCC1NCCn1cccn1. The van der Waals surface area contributed by atoms with Gasteiger partial charge in [-0.05, 0) is 24.8 Å². The maximum absolute atomic E-state index is 4.20. The standard InChI is InChI=1S/C12H21N3/c1-2-11-5-3-6-12(11)13-8-10-15-9-4-7-14-15/h4,7,9,11-13H,2-3,5-6,8,10H2,1H3. The van der Waals surface area contributed by atoms with E-state index in [0.29, 0.717) is 0 Å². The van der Waals surface area contributed by atoms with E-state index in [9.17, 15) is 0 Å². The van der Waals surface area contributed by atoms with Crippen molar-refractivity contribution < 1.29 is 0 Å². The highest BCUT2D eigenvalue weighted by Crippen LogP contribution is 2.27. The van der Waals surface area contributed by atoms with Crippen LogP contribution in [0.1, 0.15) is 32.6 Å². The molecule has 1 aliphatic carbocycles. The maximum atomic E-state index is 4.20. The smallest absolute Gasteiger partial charge is 0.0534 e. The number of hydrogen-bond acceptors (Lipinski definition) is 2. The van der Waals surface area contributed by atoms with Crippen LogP contribution in [0, 0.1) is 5.92 Å². The summed E-state index contributed by atoms with van der Waals surface area (Å²) in [4.78, 5) is 0. The van der Waals surface area contributed by atoms with Crippen molar-refractivity contribution >= 4 is 0 Å². The molecule has 2 rings (SSSR count). The summed E-state index contributed by atoms with van der Waals surface area (Å²) >= 11 is 0. The lowest BCUT2D eigenvalue weighted by Gasteiger charge is -2.19. The zero-order valence-electron chi connectivity index (χ0n) is 9.52. The van der Waals surface area contributed by atoms with Gasteiger partial charge in [0.15, 0.2) is 0 Å². The molecule has 1 N–H and O–H groups in total. The van der Waals surface area contributed by atoms with Crippen LogP contribution in [0.4, 0.5) is 0 Å². The van der Waals surface area contributed by atoms with Crippen LogP contribution < -0.4 is 5.32 Å². The monoisotopic (exact) mass is 207 g/mol. The molecule has 1 aromatic heterocycles. The Kier molecular flexibility index (Phi) is 3.78. The first-order valence-corrected chi connectivity index (χ1v) is 6.11. The molecule has 0 amide bonds. The van der Waals surface area contributed by atoms with Crippen molar-refractivity contribution in [2.75, 3.05) is 6.54 Å². The molecule has 0 bridgehead atoms. The molecule has 1 aromatic rings. The van der Waals surface area contributed by atoms with Gasteiger partial charge in [0.2, 0.25) is 0 Å². The fourth-order valence-corrected chi connectivity index (χ4v) is 2.59. The molecule has 84 valence electrons. The van der Waals surface area contributed by atoms with Crippen molar-refractivity contribution in [2.24, 2.45) is 5.92 Å². The number of rotatable bonds is 5. The lowest BCUT2D eigenvalue weighted by atomic mass is 10.0. The second kappa shape index (κ2) is 5.31. The van der Waals surface area contributed by atoms with E-state index in [2.05, 4.69) is 17.3 Å². The highest BCUT2D eigenvalue weighted by molar-refractivity contribution is 4.82. The Morgan fingerprint density at radius 2 is 2.40 bits per heavy atom. The van der Waals surface area contributed by atoms with Crippen molar-refractivity contribution in [2.45, 2.75) is 45.2 Å². The van der Waals surface area contributed by atoms with Crippen LogP contribution in [0.2, 0.25) is 0 Å². The molecule has 1 aliphatic rings. The molecule has 3 nitrogen and oxygen atoms in total. The van der Waals surface area contributed by atoms with E-state index < -0.39 is 0 Å². The van der Waals surface area contributed by atoms with E-state index in [0.717, 1.165) is 25.0 Å². The zero-order chi connectivity index (χ0) is 10.5. The van der Waals surface area contributed by atoms with Crippen molar-refractivity contribution in [3.05, 3.63) is 18.5 Å². The van der Waals surface area contributed by atoms with Crippen LogP contribution in [0.3, 0.4) is 0 Å². The second-order valence-corrected chi connectivity index (χ2v) is 4.43. The van der Waals surface area contributed by atoms with Gasteiger partial charge >= 0.3 is 0 Å². The van der Waals surface area contributed by atoms with Gasteiger partial charge in [0, 0.05) is 25.0 Å². The molecule has 0 spiro atoms. The number of hydrogen-bond donors (Lipinski definition) is 1. The third-order valence-corrected chi connectivity index (χ3v) is 3.49. The topological polar surface area (TPSA) is 29.9 Å². The number of nitrogens with one attached hydrogen (secondary N) is 1. The first-order chi connectivity index (χ1) is 7.40. The lowest BCUT2D eigenvalue weighted by molar-refractivity contribution is 0.380. The molecular weight excluding hydrogens is 186 g/mol. The quantitative estimate of drug-likeness (QED) is 0.801. The molecular formula is C12H21N3. The van der Waals surface area contributed by atoms with Crippen LogP contribution in [0.15, 0.2) is 18.5 Å². The molecule has 1 fully saturated rings. The summed E-state index contributed by atoms with van der Waals surface area (Å²) < 4.78 is 1.99. The first kappa shape index (κ1) is 10.7.